The first-order chi connectivity index (χ1) is 16.3. The molecule has 0 radical (unpaired) electrons. The van der Waals surface area contributed by atoms with Gasteiger partial charge in [-0.05, 0) is 65.8 Å². The van der Waals surface area contributed by atoms with Gasteiger partial charge < -0.3 is 15.1 Å². The molecule has 0 fully saturated rings. The lowest BCUT2D eigenvalue weighted by atomic mass is 9.87. The lowest BCUT2D eigenvalue weighted by molar-refractivity contribution is 0.102. The highest BCUT2D eigenvalue weighted by atomic mass is 32.2. The number of carbonyl (C=O) groups is 1. The second-order valence-corrected chi connectivity index (χ2v) is 9.85. The Hall–Kier alpha value is -3.51. The van der Waals surface area contributed by atoms with Crippen molar-refractivity contribution >= 4 is 29.0 Å². The molecule has 0 bridgehead atoms. The molecule has 0 saturated carbocycles. The van der Waals surface area contributed by atoms with E-state index in [9.17, 15) is 4.79 Å². The van der Waals surface area contributed by atoms with Crippen LogP contribution in [0.4, 0.5) is 11.4 Å². The van der Waals surface area contributed by atoms with E-state index in [-0.39, 0.29) is 17.0 Å². The predicted molar refractivity (Wildman–Crippen MR) is 142 cm³/mol. The third-order valence-electron chi connectivity index (χ3n) is 5.63. The predicted octanol–water partition coefficient (Wildman–Crippen LogP) is 7.32. The van der Waals surface area contributed by atoms with Crippen LogP contribution in [0.5, 0.6) is 0 Å². The Labute approximate surface area is 205 Å². The van der Waals surface area contributed by atoms with Crippen LogP contribution in [0.1, 0.15) is 36.8 Å². The number of anilines is 2. The first kappa shape index (κ1) is 23.6. The fourth-order valence-electron chi connectivity index (χ4n) is 3.62. The van der Waals surface area contributed by atoms with Gasteiger partial charge in [-0.3, -0.25) is 4.79 Å². The summed E-state index contributed by atoms with van der Waals surface area (Å²) >= 11 is 1.58. The summed E-state index contributed by atoms with van der Waals surface area (Å²) in [5.74, 6) is 0.545. The summed E-state index contributed by atoms with van der Waals surface area (Å²) in [6.07, 6.45) is 1.98. The number of thioether (sulfide) groups is 1. The Morgan fingerprint density at radius 2 is 1.56 bits per heavy atom. The number of aromatic nitrogens is 1. The second-order valence-electron chi connectivity index (χ2n) is 9.01. The zero-order valence-electron chi connectivity index (χ0n) is 20.1. The topological polar surface area (TPSA) is 67.2 Å². The van der Waals surface area contributed by atoms with E-state index in [1.165, 1.54) is 5.56 Å². The molecular formula is C28H29N3O2S. The molecule has 0 aliphatic heterocycles. The maximum absolute atomic E-state index is 13.4. The van der Waals surface area contributed by atoms with Gasteiger partial charge in [-0.1, -0.05) is 45.0 Å². The van der Waals surface area contributed by atoms with Crippen molar-refractivity contribution in [3.63, 3.8) is 0 Å². The monoisotopic (exact) mass is 471 g/mol. The molecule has 0 unspecified atom stereocenters. The molecule has 0 aliphatic carbocycles. The molecule has 1 aromatic heterocycles. The number of nitrogens with zero attached hydrogens (tertiary/aromatic N) is 1. The molecule has 1 heterocycles. The molecule has 0 spiro atoms. The van der Waals surface area contributed by atoms with Crippen molar-refractivity contribution in [2.75, 3.05) is 23.9 Å². The minimum absolute atomic E-state index is 0.0467. The van der Waals surface area contributed by atoms with Crippen molar-refractivity contribution < 1.29 is 9.21 Å². The minimum Gasteiger partial charge on any atom is -0.435 e. The lowest BCUT2D eigenvalue weighted by Gasteiger charge is -2.18. The number of benzene rings is 3. The molecule has 4 rings (SSSR count). The molecule has 34 heavy (non-hydrogen) atoms. The van der Waals surface area contributed by atoms with Gasteiger partial charge in [-0.2, -0.15) is 0 Å². The van der Waals surface area contributed by atoms with Crippen LogP contribution in [-0.4, -0.2) is 24.2 Å². The number of para-hydroxylation sites is 1. The van der Waals surface area contributed by atoms with Gasteiger partial charge in [0.15, 0.2) is 11.5 Å². The maximum Gasteiger partial charge on any atom is 0.278 e. The summed E-state index contributed by atoms with van der Waals surface area (Å²) in [6, 6.07) is 23.6. The SMILES string of the molecule is CNc1ccc(-c2oc(-c3ccc(C(C)(C)C)cc3)nc2C(=O)Nc2ccccc2SC)cc1. The highest BCUT2D eigenvalue weighted by molar-refractivity contribution is 7.98. The normalized spacial score (nSPS) is 11.3. The molecule has 0 aliphatic rings. The molecule has 6 heteroatoms. The van der Waals surface area contributed by atoms with E-state index in [0.29, 0.717) is 11.7 Å². The molecule has 4 aromatic rings. The summed E-state index contributed by atoms with van der Waals surface area (Å²) in [4.78, 5) is 19.0. The van der Waals surface area contributed by atoms with Crippen molar-refractivity contribution in [2.45, 2.75) is 31.1 Å². The first-order valence-electron chi connectivity index (χ1n) is 11.1. The lowest BCUT2D eigenvalue weighted by Crippen LogP contribution is -2.14. The van der Waals surface area contributed by atoms with Gasteiger partial charge in [0.05, 0.1) is 5.69 Å². The van der Waals surface area contributed by atoms with E-state index in [2.05, 4.69) is 48.5 Å². The van der Waals surface area contributed by atoms with E-state index in [4.69, 9.17) is 4.42 Å². The van der Waals surface area contributed by atoms with Gasteiger partial charge >= 0.3 is 0 Å². The van der Waals surface area contributed by atoms with Crippen molar-refractivity contribution in [3.8, 4) is 22.8 Å². The van der Waals surface area contributed by atoms with E-state index in [1.807, 2.05) is 74.0 Å². The number of hydrogen-bond donors (Lipinski definition) is 2. The van der Waals surface area contributed by atoms with Crippen molar-refractivity contribution in [3.05, 3.63) is 84.1 Å². The summed E-state index contributed by atoms with van der Waals surface area (Å²) in [6.45, 7) is 6.53. The van der Waals surface area contributed by atoms with Crippen LogP contribution in [0, 0.1) is 0 Å². The van der Waals surface area contributed by atoms with Crippen molar-refractivity contribution in [1.29, 1.82) is 0 Å². The van der Waals surface area contributed by atoms with Crippen LogP contribution in [0.3, 0.4) is 0 Å². The third kappa shape index (κ3) is 5.02. The van der Waals surface area contributed by atoms with Gasteiger partial charge in [-0.25, -0.2) is 4.98 Å². The molecule has 5 nitrogen and oxygen atoms in total. The van der Waals surface area contributed by atoms with Gasteiger partial charge in [0.25, 0.3) is 5.91 Å². The van der Waals surface area contributed by atoms with E-state index in [1.54, 1.807) is 11.8 Å². The van der Waals surface area contributed by atoms with Gasteiger partial charge in [0.1, 0.15) is 0 Å². The third-order valence-corrected chi connectivity index (χ3v) is 6.43. The molecule has 3 aromatic carbocycles. The van der Waals surface area contributed by atoms with Crippen LogP contribution in [-0.2, 0) is 5.41 Å². The Balaban J connectivity index is 1.75. The first-order valence-corrected chi connectivity index (χ1v) is 12.4. The van der Waals surface area contributed by atoms with Gasteiger partial charge in [-0.15, -0.1) is 11.8 Å². The van der Waals surface area contributed by atoms with Crippen LogP contribution < -0.4 is 10.6 Å². The Bertz CT molecular complexity index is 1290. The van der Waals surface area contributed by atoms with Crippen LogP contribution in [0.15, 0.2) is 82.1 Å². The number of carbonyl (C=O) groups excluding carboxylic acids is 1. The zero-order valence-corrected chi connectivity index (χ0v) is 20.9. The zero-order chi connectivity index (χ0) is 24.3. The van der Waals surface area contributed by atoms with Gasteiger partial charge in [0.2, 0.25) is 5.89 Å². The quantitative estimate of drug-likeness (QED) is 0.288. The molecule has 174 valence electrons. The van der Waals surface area contributed by atoms with Crippen molar-refractivity contribution in [2.24, 2.45) is 0 Å². The highest BCUT2D eigenvalue weighted by Crippen LogP contribution is 2.33. The molecule has 0 saturated heterocycles. The largest absolute Gasteiger partial charge is 0.435 e. The average molecular weight is 472 g/mol. The summed E-state index contributed by atoms with van der Waals surface area (Å²) in [7, 11) is 1.87. The Kier molecular flexibility index (Phi) is 6.80. The number of oxazole rings is 1. The fourth-order valence-corrected chi connectivity index (χ4v) is 4.18. The molecule has 1 amide bonds. The van der Waals surface area contributed by atoms with Crippen LogP contribution >= 0.6 is 11.8 Å². The number of hydrogen-bond acceptors (Lipinski definition) is 5. The van der Waals surface area contributed by atoms with E-state index in [0.717, 1.165) is 27.4 Å². The Morgan fingerprint density at radius 3 is 2.18 bits per heavy atom. The summed E-state index contributed by atoms with van der Waals surface area (Å²) in [5.41, 5.74) is 4.85. The molecular weight excluding hydrogens is 442 g/mol. The van der Waals surface area contributed by atoms with Crippen LogP contribution in [0.2, 0.25) is 0 Å². The van der Waals surface area contributed by atoms with E-state index >= 15 is 0 Å². The smallest absolute Gasteiger partial charge is 0.278 e. The maximum atomic E-state index is 13.4. The average Bonchev–Trinajstić information content (AvgIpc) is 3.30. The highest BCUT2D eigenvalue weighted by Gasteiger charge is 2.23. The van der Waals surface area contributed by atoms with E-state index < -0.39 is 0 Å². The summed E-state index contributed by atoms with van der Waals surface area (Å²) < 4.78 is 6.20. The fraction of sp³-hybridized carbons (Fsp3) is 0.214. The second kappa shape index (κ2) is 9.77. The molecule has 2 N–H and O–H groups in total. The van der Waals surface area contributed by atoms with Crippen LogP contribution in [0.25, 0.3) is 22.8 Å². The number of nitrogens with one attached hydrogen (secondary N) is 2. The van der Waals surface area contributed by atoms with Gasteiger partial charge in [0, 0.05) is 28.8 Å². The summed E-state index contributed by atoms with van der Waals surface area (Å²) in [5, 5.41) is 6.12. The number of amides is 1. The van der Waals surface area contributed by atoms with Crippen molar-refractivity contribution in [1.82, 2.24) is 4.98 Å². The minimum atomic E-state index is -0.310. The standard InChI is InChI=1S/C28H29N3O2S/c1-28(2,3)20-14-10-19(11-15-20)27-31-24(25(33-27)18-12-16-21(29-4)17-13-18)26(32)30-22-8-6-7-9-23(22)34-5/h6-17,29H,1-5H3,(H,30,32). The molecule has 0 atom stereocenters. The Morgan fingerprint density at radius 1 is 0.912 bits per heavy atom. The number of rotatable bonds is 6.